The third-order valence-electron chi connectivity index (χ3n) is 3.07. The van der Waals surface area contributed by atoms with Crippen LogP contribution in [-0.4, -0.2) is 16.7 Å². The fourth-order valence-corrected chi connectivity index (χ4v) is 2.14. The lowest BCUT2D eigenvalue weighted by Crippen LogP contribution is -2.09. The maximum atomic E-state index is 8.91. The molecule has 0 unspecified atom stereocenters. The van der Waals surface area contributed by atoms with Crippen molar-refractivity contribution in [1.29, 1.82) is 0 Å². The van der Waals surface area contributed by atoms with E-state index in [1.807, 2.05) is 0 Å². The normalized spacial score (nSPS) is 22.9. The van der Waals surface area contributed by atoms with Gasteiger partial charge in [0.25, 0.3) is 0 Å². The average Bonchev–Trinajstić information content (AvgIpc) is 2.22. The Labute approximate surface area is 88.0 Å². The molecule has 2 nitrogen and oxygen atoms in total. The Hall–Kier alpha value is -0.0800. The van der Waals surface area contributed by atoms with Gasteiger partial charge in [-0.3, -0.25) is 0 Å². The highest BCUT2D eigenvalue weighted by Gasteiger charge is 2.07. The van der Waals surface area contributed by atoms with Crippen molar-refractivity contribution in [3.8, 4) is 0 Å². The van der Waals surface area contributed by atoms with E-state index >= 15 is 0 Å². The second-order valence-corrected chi connectivity index (χ2v) is 4.41. The molecule has 3 N–H and O–H groups in total. The van der Waals surface area contributed by atoms with Crippen LogP contribution in [0.1, 0.15) is 70.6 Å². The molecule has 2 aliphatic carbocycles. The van der Waals surface area contributed by atoms with Crippen molar-refractivity contribution >= 4 is 0 Å². The highest BCUT2D eigenvalue weighted by Crippen LogP contribution is 2.16. The smallest absolute Gasteiger partial charge is 0.0540 e. The van der Waals surface area contributed by atoms with E-state index in [0.29, 0.717) is 0 Å². The maximum absolute atomic E-state index is 8.91. The average molecular weight is 202 g/mol. The zero-order valence-corrected chi connectivity index (χ0v) is 9.30. The molecule has 0 bridgehead atoms. The fraction of sp³-hybridized carbons (Fsp3) is 1.00. The van der Waals surface area contributed by atoms with E-state index in [0.717, 1.165) is 12.8 Å². The molecule has 0 heterocycles. The topological polar surface area (TPSA) is 51.7 Å². The first kappa shape index (κ1) is 13.9. The number of aliphatic hydroxyl groups is 1. The molecule has 0 radical (unpaired) electrons. The van der Waals surface area contributed by atoms with Crippen molar-refractivity contribution in [1.82, 2.24) is 0 Å². The molecular formula is C12H26O2. The van der Waals surface area contributed by atoms with Gasteiger partial charge < -0.3 is 10.6 Å². The summed E-state index contributed by atoms with van der Waals surface area (Å²) in [6, 6.07) is 0. The molecule has 0 amide bonds. The zero-order valence-electron chi connectivity index (χ0n) is 9.30. The Balaban J connectivity index is 0.000000227. The first-order valence-electron chi connectivity index (χ1n) is 6.07. The molecule has 2 fully saturated rings. The molecule has 0 aromatic heterocycles. The minimum atomic E-state index is 0. The van der Waals surface area contributed by atoms with Crippen LogP contribution in [0.4, 0.5) is 0 Å². The Morgan fingerprint density at radius 3 is 1.07 bits per heavy atom. The minimum absolute atomic E-state index is 0. The number of rotatable bonds is 0. The minimum Gasteiger partial charge on any atom is -0.412 e. The summed E-state index contributed by atoms with van der Waals surface area (Å²) in [5, 5.41) is 8.91. The fourth-order valence-electron chi connectivity index (χ4n) is 2.14. The van der Waals surface area contributed by atoms with Gasteiger partial charge in [0.15, 0.2) is 0 Å². The predicted octanol–water partition coefficient (Wildman–Crippen LogP) is 2.83. The Morgan fingerprint density at radius 1 is 0.571 bits per heavy atom. The van der Waals surface area contributed by atoms with E-state index in [-0.39, 0.29) is 11.6 Å². The molecule has 86 valence electrons. The molecule has 0 aliphatic heterocycles. The van der Waals surface area contributed by atoms with Crippen LogP contribution in [-0.2, 0) is 0 Å². The molecule has 0 spiro atoms. The van der Waals surface area contributed by atoms with Gasteiger partial charge in [0.1, 0.15) is 0 Å². The molecule has 2 aliphatic rings. The van der Waals surface area contributed by atoms with Crippen LogP contribution in [0.2, 0.25) is 0 Å². The van der Waals surface area contributed by atoms with E-state index in [4.69, 9.17) is 5.11 Å². The van der Waals surface area contributed by atoms with Crippen LogP contribution in [0, 0.1) is 0 Å². The third kappa shape index (κ3) is 7.34. The van der Waals surface area contributed by atoms with Crippen molar-refractivity contribution in [3.05, 3.63) is 0 Å². The van der Waals surface area contributed by atoms with E-state index < -0.39 is 0 Å². The monoisotopic (exact) mass is 202 g/mol. The summed E-state index contributed by atoms with van der Waals surface area (Å²) in [5.41, 5.74) is 0. The van der Waals surface area contributed by atoms with Crippen LogP contribution < -0.4 is 0 Å². The van der Waals surface area contributed by atoms with Crippen LogP contribution in [0.25, 0.3) is 0 Å². The standard InChI is InChI=1S/C6H12O.C6H12.H2O/c7-6-4-2-1-3-5-6;1-2-4-6-5-3-1;/h6-7H,1-5H2;1-6H2;1H2. The molecule has 0 aromatic rings. The lowest BCUT2D eigenvalue weighted by molar-refractivity contribution is 0.130. The lowest BCUT2D eigenvalue weighted by Gasteiger charge is -2.14. The summed E-state index contributed by atoms with van der Waals surface area (Å²) in [7, 11) is 0. The quantitative estimate of drug-likeness (QED) is 0.645. The summed E-state index contributed by atoms with van der Waals surface area (Å²) in [6.45, 7) is 0. The highest BCUT2D eigenvalue weighted by molar-refractivity contribution is 4.61. The van der Waals surface area contributed by atoms with Crippen LogP contribution >= 0.6 is 0 Å². The second-order valence-electron chi connectivity index (χ2n) is 4.41. The number of hydrogen-bond donors (Lipinski definition) is 1. The molecule has 14 heavy (non-hydrogen) atoms. The zero-order chi connectivity index (χ0) is 9.36. The SMILES string of the molecule is C1CCCCC1.O.OC1CCCCC1. The van der Waals surface area contributed by atoms with Gasteiger partial charge in [0, 0.05) is 0 Å². The molecule has 2 rings (SSSR count). The van der Waals surface area contributed by atoms with Crippen molar-refractivity contribution in [2.24, 2.45) is 0 Å². The Morgan fingerprint density at radius 2 is 0.857 bits per heavy atom. The third-order valence-corrected chi connectivity index (χ3v) is 3.07. The van der Waals surface area contributed by atoms with Gasteiger partial charge in [-0.1, -0.05) is 57.8 Å². The van der Waals surface area contributed by atoms with Gasteiger partial charge in [-0.2, -0.15) is 0 Å². The summed E-state index contributed by atoms with van der Waals surface area (Å²) < 4.78 is 0. The lowest BCUT2D eigenvalue weighted by atomic mass is 9.98. The van der Waals surface area contributed by atoms with Crippen LogP contribution in [0.15, 0.2) is 0 Å². The van der Waals surface area contributed by atoms with E-state index in [1.165, 1.54) is 57.8 Å². The Bertz CT molecular complexity index is 93.4. The van der Waals surface area contributed by atoms with Gasteiger partial charge in [0.05, 0.1) is 6.10 Å². The van der Waals surface area contributed by atoms with Gasteiger partial charge >= 0.3 is 0 Å². The van der Waals surface area contributed by atoms with Gasteiger partial charge in [-0.25, -0.2) is 0 Å². The van der Waals surface area contributed by atoms with E-state index in [9.17, 15) is 0 Å². The van der Waals surface area contributed by atoms with E-state index in [2.05, 4.69) is 0 Å². The molecule has 0 atom stereocenters. The van der Waals surface area contributed by atoms with Gasteiger partial charge in [0.2, 0.25) is 0 Å². The summed E-state index contributed by atoms with van der Waals surface area (Å²) in [4.78, 5) is 0. The van der Waals surface area contributed by atoms with Gasteiger partial charge in [-0.05, 0) is 12.8 Å². The maximum Gasteiger partial charge on any atom is 0.0540 e. The van der Waals surface area contributed by atoms with Crippen LogP contribution in [0.3, 0.4) is 0 Å². The first-order valence-corrected chi connectivity index (χ1v) is 6.07. The molecule has 2 saturated carbocycles. The predicted molar refractivity (Wildman–Crippen MR) is 60.4 cm³/mol. The molecular weight excluding hydrogens is 176 g/mol. The van der Waals surface area contributed by atoms with Crippen molar-refractivity contribution in [3.63, 3.8) is 0 Å². The number of hydrogen-bond acceptors (Lipinski definition) is 1. The van der Waals surface area contributed by atoms with Crippen LogP contribution in [0.5, 0.6) is 0 Å². The summed E-state index contributed by atoms with van der Waals surface area (Å²) in [5.74, 6) is 0. The largest absolute Gasteiger partial charge is 0.412 e. The molecule has 0 saturated heterocycles. The summed E-state index contributed by atoms with van der Waals surface area (Å²) in [6.07, 6.45) is 14.9. The molecule has 0 aromatic carbocycles. The highest BCUT2D eigenvalue weighted by atomic mass is 16.3. The van der Waals surface area contributed by atoms with Crippen molar-refractivity contribution in [2.45, 2.75) is 76.7 Å². The first-order chi connectivity index (χ1) is 6.39. The number of aliphatic hydroxyl groups excluding tert-OH is 1. The second kappa shape index (κ2) is 9.47. The molecule has 2 heteroatoms. The van der Waals surface area contributed by atoms with Gasteiger partial charge in [-0.15, -0.1) is 0 Å². The van der Waals surface area contributed by atoms with E-state index in [1.54, 1.807) is 0 Å². The van der Waals surface area contributed by atoms with Crippen molar-refractivity contribution < 1.29 is 10.6 Å². The van der Waals surface area contributed by atoms with Crippen molar-refractivity contribution in [2.75, 3.05) is 0 Å². The Kier molecular flexibility index (Phi) is 9.42. The summed E-state index contributed by atoms with van der Waals surface area (Å²) >= 11 is 0.